The van der Waals surface area contributed by atoms with E-state index in [1.165, 1.54) is 0 Å². The highest BCUT2D eigenvalue weighted by Crippen LogP contribution is 2.23. The maximum Gasteiger partial charge on any atom is 0.0365 e. The second-order valence-electron chi connectivity index (χ2n) is 2.63. The zero-order chi connectivity index (χ0) is 8.85. The van der Waals surface area contributed by atoms with E-state index in [0.717, 1.165) is 5.03 Å². The predicted molar refractivity (Wildman–Crippen MR) is 52.8 cm³/mol. The Morgan fingerprint density at radius 1 is 1.18 bits per heavy atom. The van der Waals surface area contributed by atoms with Crippen LogP contribution in [-0.2, 0) is 0 Å². The molecular formula is C10H17Cl. The highest BCUT2D eigenvalue weighted by Gasteiger charge is 2.09. The molecule has 0 saturated carbocycles. The zero-order valence-electron chi connectivity index (χ0n) is 7.76. The summed E-state index contributed by atoms with van der Waals surface area (Å²) in [4.78, 5) is 0. The van der Waals surface area contributed by atoms with E-state index in [0.29, 0.717) is 11.8 Å². The minimum atomic E-state index is 0.600. The maximum absolute atomic E-state index is 5.75. The predicted octanol–water partition coefficient (Wildman–Crippen LogP) is 3.98. The van der Waals surface area contributed by atoms with Crippen molar-refractivity contribution in [1.82, 2.24) is 0 Å². The number of rotatable bonds is 0. The Morgan fingerprint density at radius 3 is 2.09 bits per heavy atom. The Bertz CT molecular complexity index is 156. The monoisotopic (exact) mass is 172 g/mol. The summed E-state index contributed by atoms with van der Waals surface area (Å²) in [5.74, 6) is 1.25. The summed E-state index contributed by atoms with van der Waals surface area (Å²) in [5, 5.41) is 0.876. The van der Waals surface area contributed by atoms with E-state index in [2.05, 4.69) is 26.0 Å². The third-order valence-electron chi connectivity index (χ3n) is 1.81. The molecule has 11 heavy (non-hydrogen) atoms. The lowest BCUT2D eigenvalue weighted by Crippen LogP contribution is -2.04. The standard InChI is InChI=1S/C8H11Cl.C2H6/c1-6-3-4-8(9)5-7(6)2;1-2/h3-7H,1-2H3;1-2H3. The molecule has 0 heterocycles. The van der Waals surface area contributed by atoms with E-state index in [1.54, 1.807) is 0 Å². The lowest BCUT2D eigenvalue weighted by molar-refractivity contribution is 0.551. The first-order chi connectivity index (χ1) is 5.20. The summed E-state index contributed by atoms with van der Waals surface area (Å²) in [6.07, 6.45) is 6.20. The summed E-state index contributed by atoms with van der Waals surface area (Å²) in [6.45, 7) is 8.37. The number of hydrogen-bond donors (Lipinski definition) is 0. The van der Waals surface area contributed by atoms with Crippen LogP contribution in [0.4, 0.5) is 0 Å². The van der Waals surface area contributed by atoms with Gasteiger partial charge < -0.3 is 0 Å². The zero-order valence-corrected chi connectivity index (χ0v) is 8.52. The molecule has 0 N–H and O–H groups in total. The topological polar surface area (TPSA) is 0 Å². The van der Waals surface area contributed by atoms with Crippen molar-refractivity contribution in [2.45, 2.75) is 27.7 Å². The van der Waals surface area contributed by atoms with Gasteiger partial charge in [0.25, 0.3) is 0 Å². The molecule has 0 nitrogen and oxygen atoms in total. The minimum Gasteiger partial charge on any atom is -0.0847 e. The Morgan fingerprint density at radius 2 is 1.73 bits per heavy atom. The van der Waals surface area contributed by atoms with Crippen molar-refractivity contribution in [3.05, 3.63) is 23.3 Å². The Kier molecular flexibility index (Phi) is 5.31. The van der Waals surface area contributed by atoms with Crippen LogP contribution in [-0.4, -0.2) is 0 Å². The molecule has 0 fully saturated rings. The Hall–Kier alpha value is -0.230. The van der Waals surface area contributed by atoms with Crippen LogP contribution >= 0.6 is 11.6 Å². The molecule has 0 radical (unpaired) electrons. The molecule has 0 aromatic heterocycles. The van der Waals surface area contributed by atoms with E-state index in [4.69, 9.17) is 11.6 Å². The van der Waals surface area contributed by atoms with E-state index >= 15 is 0 Å². The maximum atomic E-state index is 5.75. The lowest BCUT2D eigenvalue weighted by Gasteiger charge is -2.15. The van der Waals surface area contributed by atoms with Crippen LogP contribution in [0.15, 0.2) is 23.3 Å². The molecule has 0 bridgehead atoms. The first-order valence-electron chi connectivity index (χ1n) is 4.25. The van der Waals surface area contributed by atoms with Gasteiger partial charge in [0.05, 0.1) is 0 Å². The lowest BCUT2D eigenvalue weighted by atomic mass is 9.92. The molecule has 0 aromatic rings. The van der Waals surface area contributed by atoms with Crippen molar-refractivity contribution in [3.8, 4) is 0 Å². The summed E-state index contributed by atoms with van der Waals surface area (Å²) in [5.41, 5.74) is 0. The van der Waals surface area contributed by atoms with Gasteiger partial charge in [0.2, 0.25) is 0 Å². The van der Waals surface area contributed by atoms with Gasteiger partial charge >= 0.3 is 0 Å². The third-order valence-corrected chi connectivity index (χ3v) is 2.06. The van der Waals surface area contributed by atoms with Crippen molar-refractivity contribution in [2.24, 2.45) is 11.8 Å². The molecule has 1 heteroatoms. The van der Waals surface area contributed by atoms with E-state index in [9.17, 15) is 0 Å². The second kappa shape index (κ2) is 5.42. The Labute approximate surface area is 74.9 Å². The molecule has 1 rings (SSSR count). The fraction of sp³-hybridized carbons (Fsp3) is 0.600. The van der Waals surface area contributed by atoms with Crippen molar-refractivity contribution in [2.75, 3.05) is 0 Å². The van der Waals surface area contributed by atoms with Gasteiger partial charge in [-0.3, -0.25) is 0 Å². The molecule has 1 aliphatic carbocycles. The van der Waals surface area contributed by atoms with Crippen molar-refractivity contribution < 1.29 is 0 Å². The molecule has 0 aromatic carbocycles. The third kappa shape index (κ3) is 3.62. The van der Waals surface area contributed by atoms with Gasteiger partial charge in [-0.05, 0) is 17.9 Å². The van der Waals surface area contributed by atoms with Gasteiger partial charge in [0.1, 0.15) is 0 Å². The molecule has 1 aliphatic rings. The first kappa shape index (κ1) is 10.8. The molecule has 2 unspecified atom stereocenters. The highest BCUT2D eigenvalue weighted by molar-refractivity contribution is 6.31. The van der Waals surface area contributed by atoms with Gasteiger partial charge in [-0.1, -0.05) is 51.4 Å². The molecule has 0 aliphatic heterocycles. The molecule has 0 spiro atoms. The number of halogens is 1. The normalized spacial score (nSPS) is 28.6. The van der Waals surface area contributed by atoms with Gasteiger partial charge in [0, 0.05) is 5.03 Å². The number of allylic oxidation sites excluding steroid dienone is 4. The van der Waals surface area contributed by atoms with E-state index in [1.807, 2.05) is 19.9 Å². The SMILES string of the molecule is CC.CC1C=CC(Cl)=CC1C. The van der Waals surface area contributed by atoms with Gasteiger partial charge in [-0.15, -0.1) is 0 Å². The van der Waals surface area contributed by atoms with Crippen LogP contribution in [0.3, 0.4) is 0 Å². The molecule has 0 saturated heterocycles. The number of hydrogen-bond acceptors (Lipinski definition) is 0. The molecule has 0 amide bonds. The van der Waals surface area contributed by atoms with Crippen LogP contribution in [0.5, 0.6) is 0 Å². The Balaban J connectivity index is 0.000000461. The fourth-order valence-electron chi connectivity index (χ4n) is 0.877. The quantitative estimate of drug-likeness (QED) is 0.519. The van der Waals surface area contributed by atoms with Gasteiger partial charge in [0.15, 0.2) is 0 Å². The van der Waals surface area contributed by atoms with Gasteiger partial charge in [-0.25, -0.2) is 0 Å². The molecule has 2 atom stereocenters. The first-order valence-corrected chi connectivity index (χ1v) is 4.63. The van der Waals surface area contributed by atoms with E-state index < -0.39 is 0 Å². The van der Waals surface area contributed by atoms with Crippen LogP contribution in [0, 0.1) is 11.8 Å². The highest BCUT2D eigenvalue weighted by atomic mass is 35.5. The van der Waals surface area contributed by atoms with Crippen molar-refractivity contribution >= 4 is 11.6 Å². The van der Waals surface area contributed by atoms with Gasteiger partial charge in [-0.2, -0.15) is 0 Å². The second-order valence-corrected chi connectivity index (χ2v) is 3.07. The molecular weight excluding hydrogens is 156 g/mol. The largest absolute Gasteiger partial charge is 0.0847 e. The summed E-state index contributed by atoms with van der Waals surface area (Å²) >= 11 is 5.75. The smallest absolute Gasteiger partial charge is 0.0365 e. The van der Waals surface area contributed by atoms with Crippen LogP contribution in [0.2, 0.25) is 0 Å². The van der Waals surface area contributed by atoms with Crippen LogP contribution in [0.25, 0.3) is 0 Å². The van der Waals surface area contributed by atoms with Crippen LogP contribution in [0.1, 0.15) is 27.7 Å². The minimum absolute atomic E-state index is 0.600. The van der Waals surface area contributed by atoms with Crippen LogP contribution < -0.4 is 0 Å². The average Bonchev–Trinajstić information content (AvgIpc) is 2.02. The average molecular weight is 173 g/mol. The van der Waals surface area contributed by atoms with Crippen molar-refractivity contribution in [1.29, 1.82) is 0 Å². The summed E-state index contributed by atoms with van der Waals surface area (Å²) in [7, 11) is 0. The summed E-state index contributed by atoms with van der Waals surface area (Å²) in [6, 6.07) is 0. The van der Waals surface area contributed by atoms with E-state index in [-0.39, 0.29) is 0 Å². The van der Waals surface area contributed by atoms with Crippen molar-refractivity contribution in [3.63, 3.8) is 0 Å². The fourth-order valence-corrected chi connectivity index (χ4v) is 1.15. The molecule has 64 valence electrons. The summed E-state index contributed by atoms with van der Waals surface area (Å²) < 4.78 is 0.